The van der Waals surface area contributed by atoms with Gasteiger partial charge >= 0.3 is 0 Å². The van der Waals surface area contributed by atoms with Crippen LogP contribution in [0.25, 0.3) is 10.8 Å². The second-order valence-corrected chi connectivity index (χ2v) is 4.39. The fourth-order valence-electron chi connectivity index (χ4n) is 1.84. The Balaban J connectivity index is 2.47. The summed E-state index contributed by atoms with van der Waals surface area (Å²) in [5.41, 5.74) is 1.03. The van der Waals surface area contributed by atoms with Crippen molar-refractivity contribution in [3.63, 3.8) is 0 Å². The smallest absolute Gasteiger partial charge is 0.232 e. The highest BCUT2D eigenvalue weighted by Crippen LogP contribution is 2.23. The van der Waals surface area contributed by atoms with E-state index in [9.17, 15) is 4.21 Å². The van der Waals surface area contributed by atoms with E-state index in [0.717, 1.165) is 16.3 Å². The van der Waals surface area contributed by atoms with Crippen LogP contribution >= 0.6 is 0 Å². The van der Waals surface area contributed by atoms with Crippen LogP contribution in [0.2, 0.25) is 0 Å². The van der Waals surface area contributed by atoms with Crippen LogP contribution in [-0.4, -0.2) is 8.76 Å². The first kappa shape index (κ1) is 11.3. The maximum absolute atomic E-state index is 10.7. The van der Waals surface area contributed by atoms with E-state index in [4.69, 9.17) is 4.55 Å². The Morgan fingerprint density at radius 3 is 2.62 bits per heavy atom. The van der Waals surface area contributed by atoms with Gasteiger partial charge in [-0.25, -0.2) is 8.93 Å². The topological polar surface area (TPSA) is 49.3 Å². The molecule has 0 aliphatic heterocycles. The Morgan fingerprint density at radius 2 is 1.88 bits per heavy atom. The molecule has 2 N–H and O–H groups in total. The van der Waals surface area contributed by atoms with Crippen LogP contribution in [0.3, 0.4) is 0 Å². The predicted octanol–water partition coefficient (Wildman–Crippen LogP) is 2.63. The second kappa shape index (κ2) is 4.74. The van der Waals surface area contributed by atoms with Gasteiger partial charge in [0.15, 0.2) is 0 Å². The summed E-state index contributed by atoms with van der Waals surface area (Å²) in [6.07, 6.45) is 0. The zero-order valence-corrected chi connectivity index (χ0v) is 9.70. The van der Waals surface area contributed by atoms with Gasteiger partial charge in [-0.05, 0) is 23.3 Å². The van der Waals surface area contributed by atoms with Crippen LogP contribution in [-0.2, 0) is 11.3 Å². The Kier molecular flexibility index (Phi) is 3.33. The average Bonchev–Trinajstić information content (AvgIpc) is 2.27. The Bertz CT molecular complexity index is 522. The van der Waals surface area contributed by atoms with Gasteiger partial charge in [-0.15, -0.1) is 0 Å². The van der Waals surface area contributed by atoms with E-state index in [-0.39, 0.29) is 6.04 Å². The Morgan fingerprint density at radius 1 is 1.19 bits per heavy atom. The van der Waals surface area contributed by atoms with Gasteiger partial charge in [0.25, 0.3) is 0 Å². The van der Waals surface area contributed by atoms with Gasteiger partial charge in [-0.3, -0.25) is 4.55 Å². The van der Waals surface area contributed by atoms with Crippen LogP contribution in [0, 0.1) is 0 Å². The first-order chi connectivity index (χ1) is 7.68. The zero-order valence-electron chi connectivity index (χ0n) is 8.88. The molecule has 0 aromatic heterocycles. The lowest BCUT2D eigenvalue weighted by molar-refractivity contribution is 0.536. The number of rotatable bonds is 3. The van der Waals surface area contributed by atoms with E-state index in [0.29, 0.717) is 0 Å². The lowest BCUT2D eigenvalue weighted by Gasteiger charge is -2.13. The van der Waals surface area contributed by atoms with Crippen molar-refractivity contribution in [3.8, 4) is 0 Å². The fraction of sp³-hybridized carbons (Fsp3) is 0.167. The van der Waals surface area contributed by atoms with E-state index in [1.807, 2.05) is 49.4 Å². The van der Waals surface area contributed by atoms with E-state index in [1.54, 1.807) is 0 Å². The van der Waals surface area contributed by atoms with Crippen LogP contribution in [0.5, 0.6) is 0 Å². The molecule has 16 heavy (non-hydrogen) atoms. The standard InChI is InChI=1S/C12H13NO2S/c1-9(13-16(14)15)11-8-4-6-10-5-2-3-7-12(10)11/h2-9,13H,1H3,(H,14,15). The number of hydrogen-bond acceptors (Lipinski definition) is 1. The molecule has 2 aromatic carbocycles. The molecular formula is C12H13NO2S. The first-order valence-corrected chi connectivity index (χ1v) is 6.14. The predicted molar refractivity (Wildman–Crippen MR) is 66.3 cm³/mol. The van der Waals surface area contributed by atoms with Gasteiger partial charge in [0.2, 0.25) is 11.3 Å². The quantitative estimate of drug-likeness (QED) is 0.803. The van der Waals surface area contributed by atoms with Gasteiger partial charge in [0, 0.05) is 6.04 Å². The third-order valence-corrected chi connectivity index (χ3v) is 3.12. The summed E-state index contributed by atoms with van der Waals surface area (Å²) >= 11 is -1.99. The monoisotopic (exact) mass is 235 g/mol. The Hall–Kier alpha value is -1.23. The molecule has 0 bridgehead atoms. The maximum atomic E-state index is 10.7. The molecule has 2 rings (SSSR count). The molecule has 0 aliphatic rings. The van der Waals surface area contributed by atoms with Crippen LogP contribution in [0.4, 0.5) is 0 Å². The summed E-state index contributed by atoms with van der Waals surface area (Å²) in [6.45, 7) is 1.87. The van der Waals surface area contributed by atoms with Crippen molar-refractivity contribution < 1.29 is 8.76 Å². The molecule has 0 aliphatic carbocycles. The number of hydrogen-bond donors (Lipinski definition) is 2. The lowest BCUT2D eigenvalue weighted by Crippen LogP contribution is -2.20. The molecule has 2 unspecified atom stereocenters. The third kappa shape index (κ3) is 2.29. The molecule has 0 spiro atoms. The molecule has 2 aromatic rings. The minimum atomic E-state index is -1.99. The van der Waals surface area contributed by atoms with Gasteiger partial charge in [-0.1, -0.05) is 42.5 Å². The summed E-state index contributed by atoms with van der Waals surface area (Å²) < 4.78 is 22.1. The van der Waals surface area contributed by atoms with E-state index < -0.39 is 11.3 Å². The highest BCUT2D eigenvalue weighted by Gasteiger charge is 2.10. The molecule has 0 radical (unpaired) electrons. The minimum absolute atomic E-state index is 0.156. The molecule has 0 amide bonds. The molecule has 3 nitrogen and oxygen atoms in total. The highest BCUT2D eigenvalue weighted by molar-refractivity contribution is 7.77. The first-order valence-electron chi connectivity index (χ1n) is 5.03. The van der Waals surface area contributed by atoms with Gasteiger partial charge < -0.3 is 0 Å². The molecular weight excluding hydrogens is 222 g/mol. The number of nitrogens with one attached hydrogen (secondary N) is 1. The largest absolute Gasteiger partial charge is 0.294 e. The third-order valence-electron chi connectivity index (χ3n) is 2.57. The van der Waals surface area contributed by atoms with Gasteiger partial charge in [-0.2, -0.15) is 0 Å². The van der Waals surface area contributed by atoms with Crippen molar-refractivity contribution in [1.29, 1.82) is 0 Å². The number of benzene rings is 2. The highest BCUT2D eigenvalue weighted by atomic mass is 32.2. The minimum Gasteiger partial charge on any atom is -0.294 e. The summed E-state index contributed by atoms with van der Waals surface area (Å²) in [5, 5.41) is 2.24. The molecule has 84 valence electrons. The van der Waals surface area contributed by atoms with E-state index >= 15 is 0 Å². The summed E-state index contributed by atoms with van der Waals surface area (Å²) in [5.74, 6) is 0. The summed E-state index contributed by atoms with van der Waals surface area (Å²) in [7, 11) is 0. The molecule has 2 atom stereocenters. The lowest BCUT2D eigenvalue weighted by atomic mass is 10.0. The van der Waals surface area contributed by atoms with Crippen molar-refractivity contribution in [2.24, 2.45) is 0 Å². The van der Waals surface area contributed by atoms with Crippen molar-refractivity contribution >= 4 is 22.0 Å². The van der Waals surface area contributed by atoms with E-state index in [2.05, 4.69) is 4.72 Å². The van der Waals surface area contributed by atoms with Crippen LogP contribution in [0.1, 0.15) is 18.5 Å². The van der Waals surface area contributed by atoms with Crippen molar-refractivity contribution in [2.75, 3.05) is 0 Å². The van der Waals surface area contributed by atoms with Crippen LogP contribution < -0.4 is 4.72 Å². The second-order valence-electron chi connectivity index (χ2n) is 3.66. The fourth-order valence-corrected chi connectivity index (χ4v) is 2.27. The summed E-state index contributed by atoms with van der Waals surface area (Å²) in [6, 6.07) is 13.8. The SMILES string of the molecule is CC(NS(=O)O)c1cccc2ccccc12. The van der Waals surface area contributed by atoms with E-state index in [1.165, 1.54) is 0 Å². The normalized spacial score (nSPS) is 14.9. The van der Waals surface area contributed by atoms with Gasteiger partial charge in [0.05, 0.1) is 0 Å². The Labute approximate surface area is 96.9 Å². The number of fused-ring (bicyclic) bond motifs is 1. The molecule has 0 saturated carbocycles. The molecule has 0 saturated heterocycles. The zero-order chi connectivity index (χ0) is 11.5. The molecule has 0 fully saturated rings. The van der Waals surface area contributed by atoms with Crippen LogP contribution in [0.15, 0.2) is 42.5 Å². The maximum Gasteiger partial charge on any atom is 0.232 e. The molecule has 4 heteroatoms. The molecule has 0 heterocycles. The van der Waals surface area contributed by atoms with Crippen molar-refractivity contribution in [1.82, 2.24) is 4.72 Å². The van der Waals surface area contributed by atoms with Gasteiger partial charge in [0.1, 0.15) is 0 Å². The van der Waals surface area contributed by atoms with Crippen molar-refractivity contribution in [2.45, 2.75) is 13.0 Å². The summed E-state index contributed by atoms with van der Waals surface area (Å²) in [4.78, 5) is 0. The average molecular weight is 235 g/mol. The van der Waals surface area contributed by atoms with Crippen molar-refractivity contribution in [3.05, 3.63) is 48.0 Å².